The van der Waals surface area contributed by atoms with Crippen molar-refractivity contribution in [2.24, 2.45) is 0 Å². The van der Waals surface area contributed by atoms with E-state index in [1.54, 1.807) is 0 Å². The standard InChI is InChI=1S/C22H21N3O4/c1-2-11-25-12-18(21(26)27)20(24-25)23-22(28)29-13-19-16-9-5-3-7-14(16)15-8-4-6-10-17(15)19/h3-10,12,19H,2,11,13H2,1H3,(H,26,27)(H,23,24,28). The van der Waals surface area contributed by atoms with Gasteiger partial charge < -0.3 is 9.84 Å². The molecular weight excluding hydrogens is 370 g/mol. The van der Waals surface area contributed by atoms with Crippen molar-refractivity contribution >= 4 is 17.9 Å². The van der Waals surface area contributed by atoms with E-state index in [2.05, 4.69) is 22.5 Å². The van der Waals surface area contributed by atoms with E-state index in [0.29, 0.717) is 6.54 Å². The van der Waals surface area contributed by atoms with Gasteiger partial charge in [-0.15, -0.1) is 0 Å². The Morgan fingerprint density at radius 1 is 1.10 bits per heavy atom. The van der Waals surface area contributed by atoms with E-state index in [0.717, 1.165) is 28.7 Å². The van der Waals surface area contributed by atoms with Crippen LogP contribution in [0.15, 0.2) is 54.7 Å². The zero-order valence-corrected chi connectivity index (χ0v) is 16.0. The molecule has 0 atom stereocenters. The van der Waals surface area contributed by atoms with Crippen molar-refractivity contribution < 1.29 is 19.4 Å². The lowest BCUT2D eigenvalue weighted by Crippen LogP contribution is -2.19. The SMILES string of the molecule is CCCn1cc(C(=O)O)c(NC(=O)OCC2c3ccccc3-c3ccccc32)n1. The number of nitrogens with one attached hydrogen (secondary N) is 1. The van der Waals surface area contributed by atoms with Crippen molar-refractivity contribution in [3.8, 4) is 11.1 Å². The van der Waals surface area contributed by atoms with Crippen LogP contribution in [0.1, 0.15) is 40.7 Å². The van der Waals surface area contributed by atoms with Gasteiger partial charge in [0.2, 0.25) is 0 Å². The monoisotopic (exact) mass is 391 g/mol. The van der Waals surface area contributed by atoms with Crippen LogP contribution in [0.5, 0.6) is 0 Å². The first kappa shape index (κ1) is 18.7. The van der Waals surface area contributed by atoms with Crippen molar-refractivity contribution in [3.05, 3.63) is 71.4 Å². The van der Waals surface area contributed by atoms with E-state index in [4.69, 9.17) is 4.74 Å². The summed E-state index contributed by atoms with van der Waals surface area (Å²) < 4.78 is 6.96. The molecule has 3 aromatic rings. The minimum atomic E-state index is -1.15. The maximum Gasteiger partial charge on any atom is 0.412 e. The average molecular weight is 391 g/mol. The number of hydrogen-bond donors (Lipinski definition) is 2. The van der Waals surface area contributed by atoms with E-state index in [9.17, 15) is 14.7 Å². The third-order valence-electron chi connectivity index (χ3n) is 5.01. The number of aromatic nitrogens is 2. The number of anilines is 1. The molecule has 0 spiro atoms. The molecule has 0 fully saturated rings. The Bertz CT molecular complexity index is 1030. The Morgan fingerprint density at radius 3 is 2.31 bits per heavy atom. The van der Waals surface area contributed by atoms with Crippen LogP contribution in [-0.4, -0.2) is 33.6 Å². The molecule has 148 valence electrons. The maximum absolute atomic E-state index is 12.4. The highest BCUT2D eigenvalue weighted by Crippen LogP contribution is 2.44. The predicted molar refractivity (Wildman–Crippen MR) is 108 cm³/mol. The number of hydrogen-bond acceptors (Lipinski definition) is 4. The van der Waals surface area contributed by atoms with Gasteiger partial charge in [0.15, 0.2) is 5.82 Å². The Kier molecular flexibility index (Phi) is 5.03. The number of nitrogens with zero attached hydrogens (tertiary/aromatic N) is 2. The molecule has 1 aliphatic carbocycles. The number of carboxylic acid groups (broad SMARTS) is 1. The number of aromatic carboxylic acids is 1. The van der Waals surface area contributed by atoms with Crippen molar-refractivity contribution in [2.45, 2.75) is 25.8 Å². The van der Waals surface area contributed by atoms with Gasteiger partial charge in [0.05, 0.1) is 0 Å². The minimum Gasteiger partial charge on any atom is -0.477 e. The number of fused-ring (bicyclic) bond motifs is 3. The first-order valence-electron chi connectivity index (χ1n) is 9.51. The molecule has 0 radical (unpaired) electrons. The fraction of sp³-hybridized carbons (Fsp3) is 0.227. The summed E-state index contributed by atoms with van der Waals surface area (Å²) in [5, 5.41) is 15.9. The number of rotatable bonds is 6. The molecule has 0 saturated heterocycles. The van der Waals surface area contributed by atoms with E-state index in [1.165, 1.54) is 10.9 Å². The number of amides is 1. The summed E-state index contributed by atoms with van der Waals surface area (Å²) in [6.45, 7) is 2.67. The molecule has 0 aliphatic heterocycles. The summed E-state index contributed by atoms with van der Waals surface area (Å²) in [6, 6.07) is 16.1. The normalized spacial score (nSPS) is 12.3. The molecular formula is C22H21N3O4. The first-order valence-corrected chi connectivity index (χ1v) is 9.51. The van der Waals surface area contributed by atoms with Crippen LogP contribution >= 0.6 is 0 Å². The fourth-order valence-corrected chi connectivity index (χ4v) is 3.75. The summed E-state index contributed by atoms with van der Waals surface area (Å²) in [5.74, 6) is -1.23. The van der Waals surface area contributed by atoms with Crippen LogP contribution in [0.25, 0.3) is 11.1 Å². The summed E-state index contributed by atoms with van der Waals surface area (Å²) in [7, 11) is 0. The van der Waals surface area contributed by atoms with Gasteiger partial charge in [-0.3, -0.25) is 10.00 Å². The second-order valence-corrected chi connectivity index (χ2v) is 6.91. The second kappa shape index (κ2) is 7.79. The molecule has 7 heteroatoms. The van der Waals surface area contributed by atoms with E-state index < -0.39 is 12.1 Å². The number of carbonyl (C=O) groups is 2. The number of carbonyl (C=O) groups excluding carboxylic acids is 1. The third kappa shape index (κ3) is 3.59. The van der Waals surface area contributed by atoms with Crippen LogP contribution in [-0.2, 0) is 11.3 Å². The van der Waals surface area contributed by atoms with E-state index >= 15 is 0 Å². The number of benzene rings is 2. The predicted octanol–water partition coefficient (Wildman–Crippen LogP) is 4.35. The highest BCUT2D eigenvalue weighted by Gasteiger charge is 2.29. The summed E-state index contributed by atoms with van der Waals surface area (Å²) in [5.41, 5.74) is 4.44. The first-order chi connectivity index (χ1) is 14.1. The van der Waals surface area contributed by atoms with Crippen LogP contribution in [0.4, 0.5) is 10.6 Å². The second-order valence-electron chi connectivity index (χ2n) is 6.91. The minimum absolute atomic E-state index is 0.0110. The lowest BCUT2D eigenvalue weighted by atomic mass is 9.98. The fourth-order valence-electron chi connectivity index (χ4n) is 3.75. The van der Waals surface area contributed by atoms with Gasteiger partial charge in [0.25, 0.3) is 0 Å². The Hall–Kier alpha value is -3.61. The highest BCUT2D eigenvalue weighted by molar-refractivity contribution is 5.97. The lowest BCUT2D eigenvalue weighted by molar-refractivity contribution is 0.0698. The number of ether oxygens (including phenoxy) is 1. The van der Waals surface area contributed by atoms with E-state index in [-0.39, 0.29) is 23.9 Å². The molecule has 1 heterocycles. The molecule has 0 bridgehead atoms. The van der Waals surface area contributed by atoms with Gasteiger partial charge in [-0.1, -0.05) is 55.5 Å². The smallest absolute Gasteiger partial charge is 0.412 e. The van der Waals surface area contributed by atoms with Gasteiger partial charge in [0, 0.05) is 18.7 Å². The van der Waals surface area contributed by atoms with Gasteiger partial charge in [-0.05, 0) is 28.7 Å². The Labute approximate surface area is 167 Å². The number of aryl methyl sites for hydroxylation is 1. The van der Waals surface area contributed by atoms with E-state index in [1.807, 2.05) is 43.3 Å². The Morgan fingerprint density at radius 2 is 1.72 bits per heavy atom. The van der Waals surface area contributed by atoms with Gasteiger partial charge in [0.1, 0.15) is 12.2 Å². The Balaban J connectivity index is 1.49. The average Bonchev–Trinajstić information content (AvgIpc) is 3.26. The molecule has 1 amide bonds. The van der Waals surface area contributed by atoms with Crippen LogP contribution in [0, 0.1) is 0 Å². The maximum atomic E-state index is 12.4. The van der Waals surface area contributed by atoms with Crippen molar-refractivity contribution in [3.63, 3.8) is 0 Å². The van der Waals surface area contributed by atoms with Crippen molar-refractivity contribution in [1.29, 1.82) is 0 Å². The third-order valence-corrected chi connectivity index (χ3v) is 5.01. The summed E-state index contributed by atoms with van der Waals surface area (Å²) >= 11 is 0. The quantitative estimate of drug-likeness (QED) is 0.651. The van der Waals surface area contributed by atoms with Crippen LogP contribution < -0.4 is 5.32 Å². The zero-order chi connectivity index (χ0) is 20.4. The molecule has 29 heavy (non-hydrogen) atoms. The molecule has 2 aromatic carbocycles. The summed E-state index contributed by atoms with van der Waals surface area (Å²) in [6.07, 6.45) is 1.48. The van der Waals surface area contributed by atoms with Crippen LogP contribution in [0.3, 0.4) is 0 Å². The molecule has 7 nitrogen and oxygen atoms in total. The highest BCUT2D eigenvalue weighted by atomic mass is 16.5. The molecule has 1 aliphatic rings. The molecule has 2 N–H and O–H groups in total. The van der Waals surface area contributed by atoms with Gasteiger partial charge >= 0.3 is 12.1 Å². The molecule has 1 aromatic heterocycles. The van der Waals surface area contributed by atoms with Gasteiger partial charge in [-0.25, -0.2) is 9.59 Å². The molecule has 4 rings (SSSR count). The molecule has 0 unspecified atom stereocenters. The summed E-state index contributed by atoms with van der Waals surface area (Å²) in [4.78, 5) is 23.8. The van der Waals surface area contributed by atoms with Crippen molar-refractivity contribution in [1.82, 2.24) is 9.78 Å². The molecule has 0 saturated carbocycles. The lowest BCUT2D eigenvalue weighted by Gasteiger charge is -2.14. The van der Waals surface area contributed by atoms with Gasteiger partial charge in [-0.2, -0.15) is 5.10 Å². The zero-order valence-electron chi connectivity index (χ0n) is 16.0. The topological polar surface area (TPSA) is 93.5 Å². The largest absolute Gasteiger partial charge is 0.477 e. The number of carboxylic acids is 1. The van der Waals surface area contributed by atoms with Crippen LogP contribution in [0.2, 0.25) is 0 Å². The van der Waals surface area contributed by atoms with Crippen molar-refractivity contribution in [2.75, 3.05) is 11.9 Å².